The first-order valence-corrected chi connectivity index (χ1v) is 7.69. The zero-order chi connectivity index (χ0) is 18.0. The van der Waals surface area contributed by atoms with Crippen LogP contribution in [0.5, 0.6) is 5.75 Å². The number of nitrogens with one attached hydrogen (secondary N) is 1. The van der Waals surface area contributed by atoms with Crippen LogP contribution in [0, 0.1) is 11.6 Å². The number of para-hydroxylation sites is 1. The third-order valence-corrected chi connectivity index (χ3v) is 4.07. The molecular weight excluding hydrogens is 330 g/mol. The number of nitrogens with zero attached hydrogens (tertiary/aromatic N) is 1. The van der Waals surface area contributed by atoms with Crippen molar-refractivity contribution in [2.75, 3.05) is 13.2 Å². The van der Waals surface area contributed by atoms with E-state index in [0.29, 0.717) is 11.8 Å². The first kappa shape index (κ1) is 16.9. The van der Waals surface area contributed by atoms with Crippen molar-refractivity contribution in [2.24, 2.45) is 0 Å². The zero-order valence-corrected chi connectivity index (χ0v) is 13.5. The molecule has 1 aliphatic rings. The number of ether oxygens (including phenoxy) is 1. The van der Waals surface area contributed by atoms with E-state index in [0.717, 1.165) is 17.0 Å². The van der Waals surface area contributed by atoms with Crippen molar-refractivity contribution in [1.82, 2.24) is 10.2 Å². The molecule has 0 spiro atoms. The summed E-state index contributed by atoms with van der Waals surface area (Å²) in [6, 6.07) is 11.2. The fourth-order valence-electron chi connectivity index (χ4n) is 2.75. The maximum atomic E-state index is 14.1. The standard InChI is InChI=1S/C18H16F2N2O3/c1-18(14-8-7-12(19)11-15(14)20)16(23)22(17(24)21-18)9-10-25-13-5-3-2-4-6-13/h2-8,11H,9-10H2,1H3,(H,21,24). The van der Waals surface area contributed by atoms with E-state index in [1.54, 1.807) is 24.3 Å². The second kappa shape index (κ2) is 6.51. The van der Waals surface area contributed by atoms with Gasteiger partial charge in [-0.3, -0.25) is 9.69 Å². The highest BCUT2D eigenvalue weighted by Gasteiger charge is 2.50. The first-order valence-electron chi connectivity index (χ1n) is 7.69. The molecule has 0 aliphatic carbocycles. The molecule has 3 rings (SSSR count). The van der Waals surface area contributed by atoms with Gasteiger partial charge in [-0.15, -0.1) is 0 Å². The first-order chi connectivity index (χ1) is 11.9. The van der Waals surface area contributed by atoms with Crippen molar-refractivity contribution >= 4 is 11.9 Å². The van der Waals surface area contributed by atoms with Gasteiger partial charge in [0.05, 0.1) is 6.54 Å². The molecule has 3 amide bonds. The number of hydrogen-bond donors (Lipinski definition) is 1. The van der Waals surface area contributed by atoms with E-state index < -0.39 is 29.1 Å². The Labute approximate surface area is 143 Å². The third kappa shape index (κ3) is 3.17. The van der Waals surface area contributed by atoms with E-state index in [1.165, 1.54) is 6.92 Å². The minimum atomic E-state index is -1.58. The van der Waals surface area contributed by atoms with Gasteiger partial charge in [0.1, 0.15) is 29.5 Å². The number of amides is 3. The molecule has 1 fully saturated rings. The topological polar surface area (TPSA) is 58.6 Å². The minimum Gasteiger partial charge on any atom is -0.492 e. The van der Waals surface area contributed by atoms with Crippen LogP contribution in [0.25, 0.3) is 0 Å². The summed E-state index contributed by atoms with van der Waals surface area (Å²) in [5.41, 5.74) is -1.67. The summed E-state index contributed by atoms with van der Waals surface area (Å²) in [7, 11) is 0. The Bertz CT molecular complexity index is 813. The molecule has 2 aromatic rings. The molecule has 0 saturated carbocycles. The van der Waals surface area contributed by atoms with Crippen LogP contribution in [-0.4, -0.2) is 30.0 Å². The van der Waals surface area contributed by atoms with Gasteiger partial charge < -0.3 is 10.1 Å². The molecule has 1 heterocycles. The predicted octanol–water partition coefficient (Wildman–Crippen LogP) is 2.81. The molecule has 1 atom stereocenters. The van der Waals surface area contributed by atoms with Crippen molar-refractivity contribution in [3.63, 3.8) is 0 Å². The van der Waals surface area contributed by atoms with Gasteiger partial charge >= 0.3 is 6.03 Å². The summed E-state index contributed by atoms with van der Waals surface area (Å²) in [5.74, 6) is -1.64. The van der Waals surface area contributed by atoms with Gasteiger partial charge in [0.25, 0.3) is 5.91 Å². The average molecular weight is 346 g/mol. The molecule has 25 heavy (non-hydrogen) atoms. The second-order valence-corrected chi connectivity index (χ2v) is 5.80. The van der Waals surface area contributed by atoms with Crippen LogP contribution >= 0.6 is 0 Å². The number of hydrogen-bond acceptors (Lipinski definition) is 3. The van der Waals surface area contributed by atoms with E-state index in [-0.39, 0.29) is 18.7 Å². The van der Waals surface area contributed by atoms with Crippen molar-refractivity contribution in [2.45, 2.75) is 12.5 Å². The Kier molecular flexibility index (Phi) is 4.39. The van der Waals surface area contributed by atoms with Crippen LogP contribution in [0.3, 0.4) is 0 Å². The summed E-state index contributed by atoms with van der Waals surface area (Å²) in [6.45, 7) is 1.50. The quantitative estimate of drug-likeness (QED) is 0.847. The Morgan fingerprint density at radius 3 is 2.52 bits per heavy atom. The maximum Gasteiger partial charge on any atom is 0.325 e. The normalized spacial score (nSPS) is 19.9. The van der Waals surface area contributed by atoms with Crippen LogP contribution in [0.4, 0.5) is 13.6 Å². The summed E-state index contributed by atoms with van der Waals surface area (Å²) >= 11 is 0. The fourth-order valence-corrected chi connectivity index (χ4v) is 2.75. The van der Waals surface area contributed by atoms with Crippen LogP contribution in [-0.2, 0) is 10.3 Å². The lowest BCUT2D eigenvalue weighted by Crippen LogP contribution is -2.42. The molecule has 2 aromatic carbocycles. The number of imide groups is 1. The van der Waals surface area contributed by atoms with Gasteiger partial charge in [0, 0.05) is 11.6 Å². The lowest BCUT2D eigenvalue weighted by molar-refractivity contribution is -0.131. The number of carbonyl (C=O) groups excluding carboxylic acids is 2. The summed E-state index contributed by atoms with van der Waals surface area (Å²) in [5, 5.41) is 2.47. The number of rotatable bonds is 5. The summed E-state index contributed by atoms with van der Waals surface area (Å²) in [6.07, 6.45) is 0. The van der Waals surface area contributed by atoms with Crippen LogP contribution in [0.15, 0.2) is 48.5 Å². The third-order valence-electron chi connectivity index (χ3n) is 4.07. The molecule has 0 aromatic heterocycles. The number of carbonyl (C=O) groups is 2. The molecule has 1 saturated heterocycles. The van der Waals surface area contributed by atoms with E-state index in [2.05, 4.69) is 5.32 Å². The maximum absolute atomic E-state index is 14.1. The van der Waals surface area contributed by atoms with Crippen molar-refractivity contribution in [1.29, 1.82) is 0 Å². The molecule has 130 valence electrons. The average Bonchev–Trinajstić information content (AvgIpc) is 2.79. The molecule has 0 bridgehead atoms. The molecule has 5 nitrogen and oxygen atoms in total. The largest absolute Gasteiger partial charge is 0.492 e. The fraction of sp³-hybridized carbons (Fsp3) is 0.222. The highest BCUT2D eigenvalue weighted by molar-refractivity contribution is 6.07. The second-order valence-electron chi connectivity index (χ2n) is 5.80. The van der Waals surface area contributed by atoms with Gasteiger partial charge in [0.15, 0.2) is 0 Å². The predicted molar refractivity (Wildman–Crippen MR) is 85.9 cm³/mol. The SMILES string of the molecule is CC1(c2ccc(F)cc2F)NC(=O)N(CCOc2ccccc2)C1=O. The van der Waals surface area contributed by atoms with Crippen LogP contribution in [0.2, 0.25) is 0 Å². The van der Waals surface area contributed by atoms with Crippen LogP contribution < -0.4 is 10.1 Å². The van der Waals surface area contributed by atoms with Gasteiger partial charge in [0.2, 0.25) is 0 Å². The smallest absolute Gasteiger partial charge is 0.325 e. The molecule has 7 heteroatoms. The van der Waals surface area contributed by atoms with Crippen LogP contribution in [0.1, 0.15) is 12.5 Å². The van der Waals surface area contributed by atoms with Crippen molar-refractivity contribution < 1.29 is 23.1 Å². The van der Waals surface area contributed by atoms with E-state index in [9.17, 15) is 18.4 Å². The zero-order valence-electron chi connectivity index (χ0n) is 13.5. The lowest BCUT2D eigenvalue weighted by atomic mass is 9.91. The van der Waals surface area contributed by atoms with Gasteiger partial charge in [-0.1, -0.05) is 24.3 Å². The van der Waals surface area contributed by atoms with E-state index >= 15 is 0 Å². The monoisotopic (exact) mass is 346 g/mol. The van der Waals surface area contributed by atoms with Crippen molar-refractivity contribution in [3.05, 3.63) is 65.7 Å². The summed E-state index contributed by atoms with van der Waals surface area (Å²) < 4.78 is 32.6. The number of halogens is 2. The molecule has 1 aliphatic heterocycles. The van der Waals surface area contributed by atoms with Gasteiger partial charge in [-0.25, -0.2) is 13.6 Å². The number of benzene rings is 2. The molecular formula is C18H16F2N2O3. The highest BCUT2D eigenvalue weighted by Crippen LogP contribution is 2.30. The van der Waals surface area contributed by atoms with Gasteiger partial charge in [-0.05, 0) is 25.1 Å². The summed E-state index contributed by atoms with van der Waals surface area (Å²) in [4.78, 5) is 25.7. The van der Waals surface area contributed by atoms with Gasteiger partial charge in [-0.2, -0.15) is 0 Å². The Morgan fingerprint density at radius 2 is 1.84 bits per heavy atom. The lowest BCUT2D eigenvalue weighted by Gasteiger charge is -2.22. The Hall–Kier alpha value is -2.96. The Morgan fingerprint density at radius 1 is 1.12 bits per heavy atom. The Balaban J connectivity index is 1.73. The minimum absolute atomic E-state index is 0.0119. The number of urea groups is 1. The molecule has 0 radical (unpaired) electrons. The molecule has 1 N–H and O–H groups in total. The molecule has 1 unspecified atom stereocenters. The van der Waals surface area contributed by atoms with E-state index in [1.807, 2.05) is 6.07 Å². The van der Waals surface area contributed by atoms with E-state index in [4.69, 9.17) is 4.74 Å². The van der Waals surface area contributed by atoms with Crippen molar-refractivity contribution in [3.8, 4) is 5.75 Å². The highest BCUT2D eigenvalue weighted by atomic mass is 19.1.